The van der Waals surface area contributed by atoms with Crippen LogP contribution in [0.25, 0.3) is 11.3 Å². The Morgan fingerprint density at radius 1 is 1.04 bits per heavy atom. The number of hydrogen-bond acceptors (Lipinski definition) is 4. The van der Waals surface area contributed by atoms with Crippen LogP contribution in [-0.4, -0.2) is 23.2 Å². The van der Waals surface area contributed by atoms with Gasteiger partial charge in [-0.1, -0.05) is 11.8 Å². The Kier molecular flexibility index (Phi) is 4.97. The Labute approximate surface area is 158 Å². The van der Waals surface area contributed by atoms with Gasteiger partial charge in [0.1, 0.15) is 5.69 Å². The molecule has 6 nitrogen and oxygen atoms in total. The molecule has 3 aromatic rings. The maximum Gasteiger partial charge on any atom is 0.433 e. The van der Waals surface area contributed by atoms with Gasteiger partial charge in [0.15, 0.2) is 0 Å². The topological polar surface area (TPSA) is 90.9 Å². The summed E-state index contributed by atoms with van der Waals surface area (Å²) in [6.45, 7) is 0. The van der Waals surface area contributed by atoms with E-state index in [9.17, 15) is 21.6 Å². The summed E-state index contributed by atoms with van der Waals surface area (Å²) in [6, 6.07) is 7.88. The van der Waals surface area contributed by atoms with E-state index in [1.54, 1.807) is 7.05 Å². The molecule has 1 aromatic carbocycles. The van der Waals surface area contributed by atoms with E-state index in [-0.39, 0.29) is 4.90 Å². The number of halogens is 3. The van der Waals surface area contributed by atoms with Gasteiger partial charge >= 0.3 is 6.18 Å². The Balaban J connectivity index is 1.94. The number of nitrogens with two attached hydrogens (primary N) is 1. The Bertz CT molecular complexity index is 1170. The summed E-state index contributed by atoms with van der Waals surface area (Å²) in [5.41, 5.74) is 0.977. The van der Waals surface area contributed by atoms with Crippen LogP contribution in [0.3, 0.4) is 0 Å². The van der Waals surface area contributed by atoms with Gasteiger partial charge in [-0.15, -0.1) is 0 Å². The fraction of sp³-hybridized carbons (Fsp3) is 0.111. The van der Waals surface area contributed by atoms with Crippen molar-refractivity contribution >= 4 is 10.0 Å². The highest BCUT2D eigenvalue weighted by atomic mass is 32.2. The molecule has 0 aliphatic heterocycles. The van der Waals surface area contributed by atoms with Crippen molar-refractivity contribution in [3.05, 3.63) is 65.6 Å². The molecule has 0 aliphatic carbocycles. The molecule has 3 rings (SSSR count). The van der Waals surface area contributed by atoms with Crippen LogP contribution in [0.4, 0.5) is 13.2 Å². The van der Waals surface area contributed by atoms with Crippen LogP contribution >= 0.6 is 0 Å². The van der Waals surface area contributed by atoms with Crippen molar-refractivity contribution in [2.24, 2.45) is 12.2 Å². The molecule has 0 unspecified atom stereocenters. The summed E-state index contributed by atoms with van der Waals surface area (Å²) >= 11 is 0. The van der Waals surface area contributed by atoms with E-state index in [1.165, 1.54) is 41.2 Å². The molecule has 2 N–H and O–H groups in total. The summed E-state index contributed by atoms with van der Waals surface area (Å²) in [6.07, 6.45) is -1.92. The highest BCUT2D eigenvalue weighted by molar-refractivity contribution is 7.89. The smallest absolute Gasteiger partial charge is 0.267 e. The van der Waals surface area contributed by atoms with Crippen LogP contribution in [0.15, 0.2) is 53.7 Å². The van der Waals surface area contributed by atoms with Gasteiger partial charge in [-0.25, -0.2) is 13.6 Å². The van der Waals surface area contributed by atoms with Gasteiger partial charge in [-0.2, -0.15) is 18.3 Å². The molecule has 0 bridgehead atoms. The number of hydrogen-bond donors (Lipinski definition) is 1. The third-order valence-electron chi connectivity index (χ3n) is 3.79. The van der Waals surface area contributed by atoms with Gasteiger partial charge in [0.05, 0.1) is 22.3 Å². The summed E-state index contributed by atoms with van der Waals surface area (Å²) in [5.74, 6) is 5.75. The molecule has 0 aliphatic rings. The quantitative estimate of drug-likeness (QED) is 0.662. The first-order valence-corrected chi connectivity index (χ1v) is 9.31. The monoisotopic (exact) mass is 406 g/mol. The molecule has 144 valence electrons. The van der Waals surface area contributed by atoms with E-state index in [4.69, 9.17) is 5.14 Å². The molecule has 28 heavy (non-hydrogen) atoms. The normalized spacial score (nSPS) is 11.8. The average Bonchev–Trinajstić information content (AvgIpc) is 2.99. The minimum absolute atomic E-state index is 0.0315. The van der Waals surface area contributed by atoms with Crippen LogP contribution < -0.4 is 5.14 Å². The molecular formula is C18H13F3N4O2S. The summed E-state index contributed by atoms with van der Waals surface area (Å²) in [4.78, 5) is 3.42. The van der Waals surface area contributed by atoms with E-state index in [1.807, 2.05) is 0 Å². The van der Waals surface area contributed by atoms with Crippen LogP contribution in [0, 0.1) is 11.8 Å². The maximum absolute atomic E-state index is 12.7. The van der Waals surface area contributed by atoms with Crippen molar-refractivity contribution in [1.82, 2.24) is 14.8 Å². The number of primary sulfonamides is 1. The zero-order valence-corrected chi connectivity index (χ0v) is 15.2. The first-order chi connectivity index (χ1) is 13.1. The Morgan fingerprint density at radius 2 is 1.71 bits per heavy atom. The van der Waals surface area contributed by atoms with Gasteiger partial charge in [0.25, 0.3) is 0 Å². The van der Waals surface area contributed by atoms with Crippen molar-refractivity contribution in [3.8, 4) is 23.1 Å². The highest BCUT2D eigenvalue weighted by Crippen LogP contribution is 2.29. The molecule has 0 radical (unpaired) electrons. The highest BCUT2D eigenvalue weighted by Gasteiger charge is 2.32. The fourth-order valence-electron chi connectivity index (χ4n) is 2.44. The standard InChI is InChI=1S/C18H13F3N4O2S/c1-25-17(13-6-9-16(23-10-13)18(19,20)21)14(11-24-25)5-2-12-3-7-15(8-4-12)28(22,26)27/h3-4,6-11H,1H3,(H2,22,26,27). The second-order valence-electron chi connectivity index (χ2n) is 5.78. The van der Waals surface area contributed by atoms with Gasteiger partial charge < -0.3 is 0 Å². The lowest BCUT2D eigenvalue weighted by atomic mass is 10.1. The van der Waals surface area contributed by atoms with Gasteiger partial charge in [-0.05, 0) is 36.4 Å². The lowest BCUT2D eigenvalue weighted by Gasteiger charge is -2.07. The minimum atomic E-state index is -4.52. The van der Waals surface area contributed by atoms with E-state index >= 15 is 0 Å². The SMILES string of the molecule is Cn1ncc(C#Cc2ccc(S(N)(=O)=O)cc2)c1-c1ccc(C(F)(F)F)nc1. The van der Waals surface area contributed by atoms with Crippen molar-refractivity contribution in [1.29, 1.82) is 0 Å². The van der Waals surface area contributed by atoms with Crippen molar-refractivity contribution in [3.63, 3.8) is 0 Å². The van der Waals surface area contributed by atoms with Crippen molar-refractivity contribution in [2.75, 3.05) is 0 Å². The van der Waals surface area contributed by atoms with E-state index < -0.39 is 21.9 Å². The number of sulfonamides is 1. The van der Waals surface area contributed by atoms with Crippen LogP contribution in [-0.2, 0) is 23.2 Å². The van der Waals surface area contributed by atoms with Crippen LogP contribution in [0.1, 0.15) is 16.8 Å². The van der Waals surface area contributed by atoms with Gasteiger partial charge in [0.2, 0.25) is 10.0 Å². The number of benzene rings is 1. The fourth-order valence-corrected chi connectivity index (χ4v) is 2.96. The molecular weight excluding hydrogens is 393 g/mol. The molecule has 2 heterocycles. The Morgan fingerprint density at radius 3 is 2.25 bits per heavy atom. The maximum atomic E-state index is 12.7. The lowest BCUT2D eigenvalue weighted by Crippen LogP contribution is -2.11. The second-order valence-corrected chi connectivity index (χ2v) is 7.34. The number of aryl methyl sites for hydroxylation is 1. The lowest BCUT2D eigenvalue weighted by molar-refractivity contribution is -0.141. The molecule has 0 spiro atoms. The summed E-state index contributed by atoms with van der Waals surface area (Å²) in [5, 5.41) is 9.14. The molecule has 0 saturated carbocycles. The van der Waals surface area contributed by atoms with Gasteiger partial charge in [-0.3, -0.25) is 9.67 Å². The average molecular weight is 406 g/mol. The van der Waals surface area contributed by atoms with E-state index in [2.05, 4.69) is 21.9 Å². The predicted octanol–water partition coefficient (Wildman–Crippen LogP) is 2.55. The number of alkyl halides is 3. The van der Waals surface area contributed by atoms with E-state index in [0.717, 1.165) is 12.3 Å². The van der Waals surface area contributed by atoms with Crippen molar-refractivity contribution in [2.45, 2.75) is 11.1 Å². The molecule has 2 aromatic heterocycles. The zero-order chi connectivity index (χ0) is 20.5. The third-order valence-corrected chi connectivity index (χ3v) is 4.72. The van der Waals surface area contributed by atoms with Crippen molar-refractivity contribution < 1.29 is 21.6 Å². The summed E-state index contributed by atoms with van der Waals surface area (Å²) in [7, 11) is -2.15. The minimum Gasteiger partial charge on any atom is -0.267 e. The largest absolute Gasteiger partial charge is 0.433 e. The number of nitrogens with zero attached hydrogens (tertiary/aromatic N) is 3. The predicted molar refractivity (Wildman–Crippen MR) is 95.2 cm³/mol. The Hall–Kier alpha value is -3.16. The van der Waals surface area contributed by atoms with Gasteiger partial charge in [0, 0.05) is 24.4 Å². The second kappa shape index (κ2) is 7.10. The summed E-state index contributed by atoms with van der Waals surface area (Å²) < 4.78 is 62.1. The zero-order valence-electron chi connectivity index (χ0n) is 14.4. The molecule has 10 heteroatoms. The first-order valence-electron chi connectivity index (χ1n) is 7.76. The van der Waals surface area contributed by atoms with E-state index in [0.29, 0.717) is 22.4 Å². The number of aromatic nitrogens is 3. The third kappa shape index (κ3) is 4.21. The molecule has 0 amide bonds. The number of rotatable bonds is 2. The first kappa shape index (κ1) is 19.6. The molecule has 0 atom stereocenters. The molecule has 0 saturated heterocycles. The molecule has 0 fully saturated rings. The van der Waals surface area contributed by atoms with Crippen LogP contribution in [0.5, 0.6) is 0 Å². The van der Waals surface area contributed by atoms with Crippen LogP contribution in [0.2, 0.25) is 0 Å². The number of pyridine rings is 1.